The minimum absolute atomic E-state index is 0.140. The fourth-order valence-corrected chi connectivity index (χ4v) is 4.50. The van der Waals surface area contributed by atoms with Crippen LogP contribution in [0.2, 0.25) is 0 Å². The van der Waals surface area contributed by atoms with Crippen molar-refractivity contribution in [3.05, 3.63) is 64.0 Å². The van der Waals surface area contributed by atoms with E-state index in [-0.39, 0.29) is 5.41 Å². The Morgan fingerprint density at radius 2 is 1.54 bits per heavy atom. The van der Waals surface area contributed by atoms with Crippen molar-refractivity contribution in [2.45, 2.75) is 47.0 Å². The zero-order chi connectivity index (χ0) is 18.6. The summed E-state index contributed by atoms with van der Waals surface area (Å²) in [5.74, 6) is 0.917. The van der Waals surface area contributed by atoms with E-state index in [1.54, 1.807) is 11.3 Å². The Bertz CT molecular complexity index is 971. The normalized spacial score (nSPS) is 13.2. The van der Waals surface area contributed by atoms with Gasteiger partial charge in [-0.25, -0.2) is 0 Å². The summed E-state index contributed by atoms with van der Waals surface area (Å²) >= 11 is 1.71. The number of para-hydroxylation sites is 2. The highest BCUT2D eigenvalue weighted by atomic mass is 32.1. The van der Waals surface area contributed by atoms with Crippen LogP contribution in [-0.2, 0) is 5.41 Å². The number of thiophene rings is 1. The third kappa shape index (κ3) is 2.71. The molecule has 0 bridgehead atoms. The first-order valence-electron chi connectivity index (χ1n) is 9.05. The molecule has 0 aliphatic carbocycles. The molecule has 0 spiro atoms. The van der Waals surface area contributed by atoms with Crippen molar-refractivity contribution in [3.63, 3.8) is 0 Å². The van der Waals surface area contributed by atoms with Gasteiger partial charge >= 0.3 is 0 Å². The SMILES string of the molecule is Cc1cc2c(s1)Oc1ccccc1N2c1c(C)cc(C(C)(C)C)cc1C. The third-order valence-electron chi connectivity index (χ3n) is 4.93. The van der Waals surface area contributed by atoms with Crippen molar-refractivity contribution in [2.75, 3.05) is 4.90 Å². The van der Waals surface area contributed by atoms with Crippen LogP contribution in [0.25, 0.3) is 0 Å². The Morgan fingerprint density at radius 1 is 0.885 bits per heavy atom. The molecule has 0 saturated heterocycles. The van der Waals surface area contributed by atoms with Gasteiger partial charge in [-0.1, -0.05) is 45.0 Å². The van der Waals surface area contributed by atoms with Crippen molar-refractivity contribution >= 4 is 28.4 Å². The van der Waals surface area contributed by atoms with Crippen LogP contribution >= 0.6 is 11.3 Å². The second kappa shape index (κ2) is 5.88. The number of ether oxygens (including phenoxy) is 1. The van der Waals surface area contributed by atoms with E-state index in [1.807, 2.05) is 6.07 Å². The van der Waals surface area contributed by atoms with Gasteiger partial charge in [0.1, 0.15) is 5.69 Å². The zero-order valence-corrected chi connectivity index (χ0v) is 17.1. The summed E-state index contributed by atoms with van der Waals surface area (Å²) in [5.41, 5.74) is 7.60. The Kier molecular flexibility index (Phi) is 3.89. The minimum Gasteiger partial charge on any atom is -0.442 e. The Balaban J connectivity index is 1.97. The molecule has 1 aliphatic heterocycles. The molecule has 134 valence electrons. The van der Waals surface area contributed by atoms with Crippen LogP contribution < -0.4 is 9.64 Å². The molecule has 0 unspecified atom stereocenters. The number of anilines is 3. The van der Waals surface area contributed by atoms with Crippen LogP contribution in [0, 0.1) is 20.8 Å². The maximum atomic E-state index is 6.18. The van der Waals surface area contributed by atoms with Gasteiger partial charge < -0.3 is 9.64 Å². The molecule has 3 aromatic rings. The van der Waals surface area contributed by atoms with Crippen LogP contribution in [0.3, 0.4) is 0 Å². The first kappa shape index (κ1) is 17.2. The van der Waals surface area contributed by atoms with E-state index in [0.29, 0.717) is 0 Å². The lowest BCUT2D eigenvalue weighted by atomic mass is 9.84. The molecule has 0 atom stereocenters. The number of aryl methyl sites for hydroxylation is 3. The zero-order valence-electron chi connectivity index (χ0n) is 16.3. The van der Waals surface area contributed by atoms with Gasteiger partial charge in [-0.15, -0.1) is 11.3 Å². The summed E-state index contributed by atoms with van der Waals surface area (Å²) in [7, 11) is 0. The first-order chi connectivity index (χ1) is 12.3. The lowest BCUT2D eigenvalue weighted by molar-refractivity contribution is 0.491. The molecule has 26 heavy (non-hydrogen) atoms. The molecule has 1 aliphatic rings. The summed E-state index contributed by atoms with van der Waals surface area (Å²) in [6.45, 7) is 13.4. The number of hydrogen-bond donors (Lipinski definition) is 0. The Labute approximate surface area is 160 Å². The van der Waals surface area contributed by atoms with Crippen molar-refractivity contribution in [1.29, 1.82) is 0 Å². The van der Waals surface area contributed by atoms with Gasteiger partial charge in [-0.2, -0.15) is 0 Å². The van der Waals surface area contributed by atoms with Crippen molar-refractivity contribution in [1.82, 2.24) is 0 Å². The van der Waals surface area contributed by atoms with Crippen molar-refractivity contribution < 1.29 is 4.74 Å². The number of rotatable bonds is 1. The van der Waals surface area contributed by atoms with E-state index in [4.69, 9.17) is 4.74 Å². The second-order valence-corrected chi connectivity index (χ2v) is 9.36. The van der Waals surface area contributed by atoms with Gasteiger partial charge in [-0.3, -0.25) is 0 Å². The van der Waals surface area contributed by atoms with E-state index >= 15 is 0 Å². The van der Waals surface area contributed by atoms with Gasteiger partial charge in [0.15, 0.2) is 5.75 Å². The average molecular weight is 364 g/mol. The molecular weight excluding hydrogens is 338 g/mol. The van der Waals surface area contributed by atoms with Gasteiger partial charge in [-0.05, 0) is 61.1 Å². The molecule has 0 amide bonds. The summed E-state index contributed by atoms with van der Waals surface area (Å²) < 4.78 is 6.18. The summed E-state index contributed by atoms with van der Waals surface area (Å²) in [5, 5.41) is 0.972. The number of fused-ring (bicyclic) bond motifs is 2. The van der Waals surface area contributed by atoms with Crippen LogP contribution in [0.1, 0.15) is 42.3 Å². The number of hydrogen-bond acceptors (Lipinski definition) is 3. The van der Waals surface area contributed by atoms with E-state index < -0.39 is 0 Å². The highest BCUT2D eigenvalue weighted by molar-refractivity contribution is 7.14. The van der Waals surface area contributed by atoms with E-state index in [2.05, 4.69) is 82.8 Å². The monoisotopic (exact) mass is 363 g/mol. The highest BCUT2D eigenvalue weighted by Crippen LogP contribution is 2.54. The molecule has 0 N–H and O–H groups in total. The third-order valence-corrected chi connectivity index (χ3v) is 5.85. The molecule has 3 heteroatoms. The van der Waals surface area contributed by atoms with Gasteiger partial charge in [0.05, 0.1) is 11.4 Å². The lowest BCUT2D eigenvalue weighted by Crippen LogP contribution is -2.18. The molecule has 2 heterocycles. The van der Waals surface area contributed by atoms with Gasteiger partial charge in [0.25, 0.3) is 0 Å². The van der Waals surface area contributed by atoms with E-state index in [9.17, 15) is 0 Å². The number of benzene rings is 2. The highest BCUT2D eigenvalue weighted by Gasteiger charge is 2.30. The van der Waals surface area contributed by atoms with E-state index in [0.717, 1.165) is 22.2 Å². The van der Waals surface area contributed by atoms with E-state index in [1.165, 1.54) is 27.3 Å². The Hall–Kier alpha value is -2.26. The molecule has 1 aromatic heterocycles. The van der Waals surface area contributed by atoms with Crippen LogP contribution in [0.5, 0.6) is 10.8 Å². The van der Waals surface area contributed by atoms with Crippen LogP contribution in [-0.4, -0.2) is 0 Å². The molecular formula is C23H25NOS. The maximum Gasteiger partial charge on any atom is 0.205 e. The predicted octanol–water partition coefficient (Wildman–Crippen LogP) is 7.55. The number of nitrogens with zero attached hydrogens (tertiary/aromatic N) is 1. The van der Waals surface area contributed by atoms with Crippen molar-refractivity contribution in [3.8, 4) is 10.8 Å². The molecule has 2 nitrogen and oxygen atoms in total. The van der Waals surface area contributed by atoms with Gasteiger partial charge in [0, 0.05) is 4.88 Å². The molecule has 4 rings (SSSR count). The standard InChI is InChI=1S/C23H25NOS/c1-14-11-17(23(4,5)6)12-15(2)21(14)24-18-9-7-8-10-20(18)25-22-19(24)13-16(3)26-22/h7-13H,1-6H3. The lowest BCUT2D eigenvalue weighted by Gasteiger charge is -2.34. The largest absolute Gasteiger partial charge is 0.442 e. The predicted molar refractivity (Wildman–Crippen MR) is 112 cm³/mol. The van der Waals surface area contributed by atoms with Crippen LogP contribution in [0.4, 0.5) is 17.1 Å². The molecule has 0 saturated carbocycles. The maximum absolute atomic E-state index is 6.18. The topological polar surface area (TPSA) is 12.5 Å². The second-order valence-electron chi connectivity index (χ2n) is 8.14. The minimum atomic E-state index is 0.140. The summed E-state index contributed by atoms with van der Waals surface area (Å²) in [6.07, 6.45) is 0. The van der Waals surface area contributed by atoms with Crippen molar-refractivity contribution in [2.24, 2.45) is 0 Å². The smallest absolute Gasteiger partial charge is 0.205 e. The average Bonchev–Trinajstić information content (AvgIpc) is 2.92. The fourth-order valence-electron chi connectivity index (χ4n) is 3.65. The molecule has 2 aromatic carbocycles. The fraction of sp³-hybridized carbons (Fsp3) is 0.304. The van der Waals surface area contributed by atoms with Crippen LogP contribution in [0.15, 0.2) is 42.5 Å². The summed E-state index contributed by atoms with van der Waals surface area (Å²) in [6, 6.07) is 15.2. The molecule has 0 radical (unpaired) electrons. The first-order valence-corrected chi connectivity index (χ1v) is 9.86. The van der Waals surface area contributed by atoms with Gasteiger partial charge in [0.2, 0.25) is 5.06 Å². The quantitative estimate of drug-likeness (QED) is 0.346. The summed E-state index contributed by atoms with van der Waals surface area (Å²) in [4.78, 5) is 3.63. The Morgan fingerprint density at radius 3 is 2.19 bits per heavy atom. The molecule has 0 fully saturated rings.